The van der Waals surface area contributed by atoms with Crippen molar-refractivity contribution in [3.8, 4) is 11.8 Å². The van der Waals surface area contributed by atoms with E-state index in [0.29, 0.717) is 53.1 Å². The van der Waals surface area contributed by atoms with Crippen molar-refractivity contribution >= 4 is 57.8 Å². The minimum absolute atomic E-state index is 0.00533. The van der Waals surface area contributed by atoms with Gasteiger partial charge in [0.1, 0.15) is 23.5 Å². The molecule has 0 spiro atoms. The van der Waals surface area contributed by atoms with Gasteiger partial charge in [-0.1, -0.05) is 35.3 Å². The molecule has 1 N–H and O–H groups in total. The van der Waals surface area contributed by atoms with E-state index in [0.717, 1.165) is 11.2 Å². The van der Waals surface area contributed by atoms with Crippen LogP contribution < -0.4 is 19.7 Å². The van der Waals surface area contributed by atoms with Crippen LogP contribution in [0.4, 0.5) is 10.5 Å². The summed E-state index contributed by atoms with van der Waals surface area (Å²) in [4.78, 5) is 50.3. The molecule has 0 radical (unpaired) electrons. The molecule has 1 aliphatic rings. The highest BCUT2D eigenvalue weighted by atomic mass is 35.5. The Hall–Kier alpha value is -4.55. The van der Waals surface area contributed by atoms with Gasteiger partial charge in [0.25, 0.3) is 6.01 Å². The predicted octanol–water partition coefficient (Wildman–Crippen LogP) is 5.71. The van der Waals surface area contributed by atoms with Crippen molar-refractivity contribution in [3.05, 3.63) is 76.0 Å². The Morgan fingerprint density at radius 1 is 1.08 bits per heavy atom. The fraction of sp³-hybridized carbons (Fsp3) is 0.382. The number of rotatable bonds is 10. The number of anilines is 1. The molecule has 1 unspecified atom stereocenters. The van der Waals surface area contributed by atoms with Crippen LogP contribution in [-0.4, -0.2) is 76.7 Å². The lowest BCUT2D eigenvalue weighted by molar-refractivity contribution is -0.127. The summed E-state index contributed by atoms with van der Waals surface area (Å²) in [5, 5.41) is 3.29. The molecule has 3 amide bonds. The molecule has 48 heavy (non-hydrogen) atoms. The summed E-state index contributed by atoms with van der Waals surface area (Å²) in [6, 6.07) is 15.0. The largest absolute Gasteiger partial charge is 0.486 e. The zero-order chi connectivity index (χ0) is 34.6. The van der Waals surface area contributed by atoms with E-state index < -0.39 is 23.5 Å². The third-order valence-corrected chi connectivity index (χ3v) is 8.61. The number of nitrogens with one attached hydrogen (secondary N) is 1. The second kappa shape index (κ2) is 14.7. The van der Waals surface area contributed by atoms with E-state index in [-0.39, 0.29) is 30.6 Å². The van der Waals surface area contributed by atoms with Crippen LogP contribution in [0.1, 0.15) is 38.4 Å². The summed E-state index contributed by atoms with van der Waals surface area (Å²) in [5.41, 5.74) is 2.48. The molecule has 1 atom stereocenters. The number of hydrogen-bond donors (Lipinski definition) is 1. The van der Waals surface area contributed by atoms with E-state index in [4.69, 9.17) is 37.4 Å². The predicted molar refractivity (Wildman–Crippen MR) is 183 cm³/mol. The van der Waals surface area contributed by atoms with Crippen molar-refractivity contribution in [1.82, 2.24) is 24.8 Å². The van der Waals surface area contributed by atoms with Crippen molar-refractivity contribution in [2.24, 2.45) is 5.92 Å². The number of fused-ring (bicyclic) bond motifs is 1. The molecule has 2 aromatic carbocycles. The van der Waals surface area contributed by atoms with Crippen LogP contribution in [0.3, 0.4) is 0 Å². The fourth-order valence-electron chi connectivity index (χ4n) is 5.33. The first-order valence-electron chi connectivity index (χ1n) is 15.4. The Bertz CT molecular complexity index is 1810. The number of hydrogen-bond acceptors (Lipinski definition) is 8. The van der Waals surface area contributed by atoms with Crippen LogP contribution >= 0.6 is 23.2 Å². The van der Waals surface area contributed by atoms with Crippen molar-refractivity contribution < 1.29 is 28.6 Å². The number of ether oxygens (including phenoxy) is 3. The summed E-state index contributed by atoms with van der Waals surface area (Å²) >= 11 is 13.3. The zero-order valence-electron chi connectivity index (χ0n) is 27.5. The maximum Gasteiger partial charge on any atom is 0.410 e. The molecule has 5 rings (SSSR count). The lowest BCUT2D eigenvalue weighted by atomic mass is 10.1. The molecule has 12 nitrogen and oxygen atoms in total. The first-order chi connectivity index (χ1) is 22.9. The van der Waals surface area contributed by atoms with Crippen molar-refractivity contribution in [2.75, 3.05) is 38.7 Å². The molecular weight excluding hydrogens is 659 g/mol. The lowest BCUT2D eigenvalue weighted by Gasteiger charge is -2.24. The maximum atomic E-state index is 13.1. The van der Waals surface area contributed by atoms with Crippen LogP contribution in [0.25, 0.3) is 11.0 Å². The Balaban J connectivity index is 1.24. The third-order valence-electron chi connectivity index (χ3n) is 7.83. The van der Waals surface area contributed by atoms with Crippen molar-refractivity contribution in [3.63, 3.8) is 0 Å². The Labute approximate surface area is 288 Å². The quantitative estimate of drug-likeness (QED) is 0.223. The highest BCUT2D eigenvalue weighted by Crippen LogP contribution is 2.36. The molecule has 1 saturated heterocycles. The summed E-state index contributed by atoms with van der Waals surface area (Å²) in [5.74, 6) is -0.652. The average molecular weight is 698 g/mol. The van der Waals surface area contributed by atoms with Gasteiger partial charge in [-0.2, -0.15) is 4.98 Å². The van der Waals surface area contributed by atoms with E-state index in [1.165, 1.54) is 9.80 Å². The summed E-state index contributed by atoms with van der Waals surface area (Å²) in [6.07, 6.45) is 1.75. The number of benzene rings is 2. The standard InChI is InChI=1S/C34H38Cl2N6O6/c1-34(2,3)48-33(45)41-16-14-21(18-41)31(44)38-17-28(43)40(4)25-13-12-24(35)23(29(25)36)20-47-27-11-8-10-26-30(27)39-32(46-5)42(26)19-22-9-6-7-15-37-22/h6-13,15,21H,14,16-20H2,1-5H3,(H,38,44). The number of imidazole rings is 1. The molecule has 1 fully saturated rings. The fourth-order valence-corrected chi connectivity index (χ4v) is 5.94. The Kier molecular flexibility index (Phi) is 10.6. The van der Waals surface area contributed by atoms with Gasteiger partial charge in [-0.05, 0) is 63.6 Å². The zero-order valence-corrected chi connectivity index (χ0v) is 29.0. The molecule has 3 heterocycles. The van der Waals surface area contributed by atoms with E-state index in [9.17, 15) is 14.4 Å². The lowest BCUT2D eigenvalue weighted by Crippen LogP contribution is -2.42. The first kappa shape index (κ1) is 34.8. The maximum absolute atomic E-state index is 13.1. The molecule has 254 valence electrons. The van der Waals surface area contributed by atoms with E-state index in [1.807, 2.05) is 34.9 Å². The number of likely N-dealkylation sites (N-methyl/N-ethyl adjacent to an activating group) is 1. The summed E-state index contributed by atoms with van der Waals surface area (Å²) in [7, 11) is 3.12. The highest BCUT2D eigenvalue weighted by Gasteiger charge is 2.33. The molecule has 4 aromatic rings. The van der Waals surface area contributed by atoms with E-state index in [2.05, 4.69) is 15.3 Å². The number of nitrogens with zero attached hydrogens (tertiary/aromatic N) is 5. The average Bonchev–Trinajstić information content (AvgIpc) is 3.69. The monoisotopic (exact) mass is 696 g/mol. The van der Waals surface area contributed by atoms with Gasteiger partial charge in [0.05, 0.1) is 48.0 Å². The molecule has 2 aromatic heterocycles. The van der Waals surface area contributed by atoms with Crippen LogP contribution in [-0.2, 0) is 27.5 Å². The van der Waals surface area contributed by atoms with Crippen LogP contribution in [0, 0.1) is 5.92 Å². The molecule has 0 saturated carbocycles. The highest BCUT2D eigenvalue weighted by molar-refractivity contribution is 6.38. The third kappa shape index (κ3) is 7.94. The number of halogens is 2. The van der Waals surface area contributed by atoms with Gasteiger partial charge in [0.15, 0.2) is 0 Å². The van der Waals surface area contributed by atoms with Gasteiger partial charge >= 0.3 is 6.09 Å². The van der Waals surface area contributed by atoms with Gasteiger partial charge in [-0.3, -0.25) is 19.1 Å². The van der Waals surface area contributed by atoms with E-state index >= 15 is 0 Å². The number of carbonyl (C=O) groups excluding carboxylic acids is 3. The molecule has 14 heteroatoms. The Morgan fingerprint density at radius 2 is 1.88 bits per heavy atom. The summed E-state index contributed by atoms with van der Waals surface area (Å²) in [6.45, 7) is 6.19. The normalized spacial score (nSPS) is 14.6. The van der Waals surface area contributed by atoms with E-state index in [1.54, 1.807) is 59.3 Å². The molecule has 0 aliphatic carbocycles. The van der Waals surface area contributed by atoms with Crippen LogP contribution in [0.2, 0.25) is 10.0 Å². The van der Waals surface area contributed by atoms with Crippen molar-refractivity contribution in [2.45, 2.75) is 45.9 Å². The minimum Gasteiger partial charge on any atom is -0.486 e. The first-order valence-corrected chi connectivity index (χ1v) is 16.2. The number of amides is 3. The van der Waals surface area contributed by atoms with Crippen LogP contribution in [0.15, 0.2) is 54.7 Å². The number of pyridine rings is 1. The minimum atomic E-state index is -0.629. The second-order valence-electron chi connectivity index (χ2n) is 12.4. The number of carbonyl (C=O) groups is 3. The smallest absolute Gasteiger partial charge is 0.410 e. The number of likely N-dealkylation sites (tertiary alicyclic amines) is 1. The van der Waals surface area contributed by atoms with Gasteiger partial charge in [-0.15, -0.1) is 0 Å². The number of methoxy groups -OCH3 is 1. The van der Waals surface area contributed by atoms with Gasteiger partial charge in [-0.25, -0.2) is 4.79 Å². The topological polar surface area (TPSA) is 128 Å². The van der Waals surface area contributed by atoms with Gasteiger partial charge in [0, 0.05) is 36.9 Å². The number of aromatic nitrogens is 3. The second-order valence-corrected chi connectivity index (χ2v) is 13.1. The summed E-state index contributed by atoms with van der Waals surface area (Å²) < 4.78 is 19.1. The number of para-hydroxylation sites is 1. The van der Waals surface area contributed by atoms with Crippen molar-refractivity contribution in [1.29, 1.82) is 0 Å². The molecular formula is C34H38Cl2N6O6. The Morgan fingerprint density at radius 3 is 2.58 bits per heavy atom. The van der Waals surface area contributed by atoms with Gasteiger partial charge in [0.2, 0.25) is 11.8 Å². The molecule has 0 bridgehead atoms. The van der Waals surface area contributed by atoms with Gasteiger partial charge < -0.3 is 29.3 Å². The molecule has 1 aliphatic heterocycles. The SMILES string of the molecule is COc1nc2c(OCc3c(Cl)ccc(N(C)C(=O)CNC(=O)C4CCN(C(=O)OC(C)(C)C)C4)c3Cl)cccc2n1Cc1ccccn1. The van der Waals surface area contributed by atoms with Crippen LogP contribution in [0.5, 0.6) is 11.8 Å².